The lowest BCUT2D eigenvalue weighted by atomic mass is 9.86. The van der Waals surface area contributed by atoms with Crippen LogP contribution in [0.3, 0.4) is 0 Å². The third-order valence-corrected chi connectivity index (χ3v) is 3.85. The number of benzene rings is 1. The normalized spacial score (nSPS) is 12.3. The largest absolute Gasteiger partial charge is 0.497 e. The second-order valence-corrected chi connectivity index (χ2v) is 6.01. The second kappa shape index (κ2) is 7.98. The van der Waals surface area contributed by atoms with Crippen LogP contribution in [0.15, 0.2) is 23.4 Å². The van der Waals surface area contributed by atoms with E-state index >= 15 is 0 Å². The molecule has 0 spiro atoms. The van der Waals surface area contributed by atoms with Crippen molar-refractivity contribution in [2.75, 3.05) is 19.0 Å². The maximum Gasteiger partial charge on any atom is 0.144 e. The maximum atomic E-state index is 8.73. The first-order valence-electron chi connectivity index (χ1n) is 6.96. The summed E-state index contributed by atoms with van der Waals surface area (Å²) in [4.78, 5) is 0. The Bertz CT molecular complexity index is 490. The predicted molar refractivity (Wildman–Crippen MR) is 87.5 cm³/mol. The highest BCUT2D eigenvalue weighted by Crippen LogP contribution is 2.27. The quantitative estimate of drug-likeness (QED) is 0.225. The molecule has 21 heavy (non-hydrogen) atoms. The highest BCUT2D eigenvalue weighted by atomic mass is 35.5. The van der Waals surface area contributed by atoms with E-state index in [1.165, 1.54) is 0 Å². The van der Waals surface area contributed by atoms with Gasteiger partial charge in [-0.1, -0.05) is 37.0 Å². The number of unbranched alkanes of at least 4 members (excludes halogenated alkanes) is 1. The molecule has 0 aromatic heterocycles. The molecular weight excluding hydrogens is 290 g/mol. The number of hydrogen-bond donors (Lipinski definition) is 3. The summed E-state index contributed by atoms with van der Waals surface area (Å²) in [5.74, 6) is 1.04. The molecule has 1 aromatic carbocycles. The molecule has 0 bridgehead atoms. The maximum absolute atomic E-state index is 8.73. The summed E-state index contributed by atoms with van der Waals surface area (Å²) in [7, 11) is 1.63. The van der Waals surface area contributed by atoms with Crippen molar-refractivity contribution in [1.82, 2.24) is 0 Å². The van der Waals surface area contributed by atoms with Gasteiger partial charge in [0, 0.05) is 18.0 Å². The molecule has 0 saturated carbocycles. The fourth-order valence-electron chi connectivity index (χ4n) is 1.95. The van der Waals surface area contributed by atoms with Crippen LogP contribution in [0.25, 0.3) is 0 Å². The zero-order chi connectivity index (χ0) is 15.9. The molecule has 1 rings (SSSR count). The Balaban J connectivity index is 2.38. The molecule has 4 N–H and O–H groups in total. The number of amidine groups is 1. The second-order valence-electron chi connectivity index (χ2n) is 5.60. The smallest absolute Gasteiger partial charge is 0.144 e. The van der Waals surface area contributed by atoms with Crippen LogP contribution in [0.2, 0.25) is 5.02 Å². The van der Waals surface area contributed by atoms with E-state index in [9.17, 15) is 0 Å². The van der Waals surface area contributed by atoms with Gasteiger partial charge in [-0.15, -0.1) is 0 Å². The van der Waals surface area contributed by atoms with E-state index < -0.39 is 0 Å². The van der Waals surface area contributed by atoms with Crippen LogP contribution in [0.4, 0.5) is 5.69 Å². The highest BCUT2D eigenvalue weighted by molar-refractivity contribution is 6.33. The Morgan fingerprint density at radius 2 is 2.14 bits per heavy atom. The van der Waals surface area contributed by atoms with Crippen molar-refractivity contribution in [3.8, 4) is 5.75 Å². The summed E-state index contributed by atoms with van der Waals surface area (Å²) in [6, 6.07) is 5.51. The van der Waals surface area contributed by atoms with Gasteiger partial charge in [0.1, 0.15) is 11.6 Å². The Morgan fingerprint density at radius 1 is 1.43 bits per heavy atom. The molecule has 0 saturated heterocycles. The van der Waals surface area contributed by atoms with Gasteiger partial charge in [0.15, 0.2) is 0 Å². The lowest BCUT2D eigenvalue weighted by molar-refractivity contribution is 0.304. The zero-order valence-electron chi connectivity index (χ0n) is 12.8. The summed E-state index contributed by atoms with van der Waals surface area (Å²) in [5.41, 5.74) is 6.24. The number of anilines is 1. The minimum Gasteiger partial charge on any atom is -0.497 e. The molecule has 0 aliphatic heterocycles. The third-order valence-electron chi connectivity index (χ3n) is 3.52. The molecule has 0 aliphatic carbocycles. The van der Waals surface area contributed by atoms with Crippen molar-refractivity contribution in [2.45, 2.75) is 33.1 Å². The molecule has 0 radical (unpaired) electrons. The molecule has 118 valence electrons. The van der Waals surface area contributed by atoms with E-state index in [0.29, 0.717) is 5.02 Å². The van der Waals surface area contributed by atoms with Crippen molar-refractivity contribution in [2.24, 2.45) is 16.3 Å². The number of methoxy groups -OCH3 is 1. The van der Waals surface area contributed by atoms with Crippen molar-refractivity contribution in [3.05, 3.63) is 23.2 Å². The summed E-state index contributed by atoms with van der Waals surface area (Å²) >= 11 is 6.12. The van der Waals surface area contributed by atoms with Crippen LogP contribution < -0.4 is 15.8 Å². The van der Waals surface area contributed by atoms with E-state index in [1.54, 1.807) is 7.11 Å². The number of oxime groups is 1. The van der Waals surface area contributed by atoms with E-state index in [2.05, 4.69) is 10.5 Å². The number of ether oxygens (including phenoxy) is 1. The minimum absolute atomic E-state index is 0.270. The number of nitrogens with two attached hydrogens (primary N) is 1. The van der Waals surface area contributed by atoms with Gasteiger partial charge in [-0.3, -0.25) is 0 Å². The van der Waals surface area contributed by atoms with Gasteiger partial charge in [0.05, 0.1) is 17.8 Å². The lowest BCUT2D eigenvalue weighted by Gasteiger charge is -2.22. The number of rotatable bonds is 8. The molecule has 0 heterocycles. The summed E-state index contributed by atoms with van der Waals surface area (Å²) in [6.07, 6.45) is 2.80. The van der Waals surface area contributed by atoms with Crippen LogP contribution in [0.1, 0.15) is 33.1 Å². The molecule has 0 amide bonds. The molecule has 1 aromatic rings. The number of nitrogens with zero attached hydrogens (tertiary/aromatic N) is 1. The average Bonchev–Trinajstić information content (AvgIpc) is 2.47. The van der Waals surface area contributed by atoms with Crippen molar-refractivity contribution >= 4 is 23.1 Å². The van der Waals surface area contributed by atoms with Gasteiger partial charge in [0.2, 0.25) is 0 Å². The monoisotopic (exact) mass is 313 g/mol. The van der Waals surface area contributed by atoms with Crippen molar-refractivity contribution < 1.29 is 9.94 Å². The Hall–Kier alpha value is -1.62. The highest BCUT2D eigenvalue weighted by Gasteiger charge is 2.22. The molecule has 0 aliphatic rings. The Kier molecular flexibility index (Phi) is 6.62. The van der Waals surface area contributed by atoms with Crippen LogP contribution in [0.5, 0.6) is 5.75 Å². The van der Waals surface area contributed by atoms with Crippen molar-refractivity contribution in [1.29, 1.82) is 0 Å². The van der Waals surface area contributed by atoms with Crippen LogP contribution in [-0.4, -0.2) is 24.7 Å². The van der Waals surface area contributed by atoms with E-state index in [0.717, 1.165) is 37.2 Å². The minimum atomic E-state index is -0.289. The zero-order valence-corrected chi connectivity index (χ0v) is 13.6. The van der Waals surface area contributed by atoms with Gasteiger partial charge < -0.3 is 21.0 Å². The molecule has 5 nitrogen and oxygen atoms in total. The fourth-order valence-corrected chi connectivity index (χ4v) is 2.13. The predicted octanol–water partition coefficient (Wildman–Crippen LogP) is 3.70. The van der Waals surface area contributed by atoms with Crippen molar-refractivity contribution in [3.63, 3.8) is 0 Å². The summed E-state index contributed by atoms with van der Waals surface area (Å²) in [5, 5.41) is 15.8. The summed E-state index contributed by atoms with van der Waals surface area (Å²) < 4.78 is 5.17. The van der Waals surface area contributed by atoms with E-state index in [-0.39, 0.29) is 11.3 Å². The number of halogens is 1. The molecule has 0 unspecified atom stereocenters. The third kappa shape index (κ3) is 5.34. The first-order valence-corrected chi connectivity index (χ1v) is 7.34. The van der Waals surface area contributed by atoms with Gasteiger partial charge in [0.25, 0.3) is 0 Å². The first kappa shape index (κ1) is 17.4. The van der Waals surface area contributed by atoms with E-state index in [1.807, 2.05) is 32.0 Å². The van der Waals surface area contributed by atoms with Crippen LogP contribution >= 0.6 is 11.6 Å². The van der Waals surface area contributed by atoms with Gasteiger partial charge in [-0.2, -0.15) is 0 Å². The Labute approximate surface area is 131 Å². The topological polar surface area (TPSA) is 79.9 Å². The lowest BCUT2D eigenvalue weighted by Crippen LogP contribution is -2.31. The summed E-state index contributed by atoms with van der Waals surface area (Å²) in [6.45, 7) is 4.74. The number of nitrogens with one attached hydrogen (secondary N) is 1. The molecular formula is C15H24ClN3O2. The SMILES string of the molecule is COc1ccc(Cl)c(NCCCCC(C)(C)/C(N)=N/O)c1. The van der Waals surface area contributed by atoms with Gasteiger partial charge in [-0.05, 0) is 25.0 Å². The van der Waals surface area contributed by atoms with Gasteiger partial charge >= 0.3 is 0 Å². The molecule has 6 heteroatoms. The standard InChI is InChI=1S/C15H24ClN3O2/c1-15(2,14(17)19-20)8-4-5-9-18-13-10-11(21-3)6-7-12(13)16/h6-7,10,18,20H,4-5,8-9H2,1-3H3,(H2,17,19). The number of hydrogen-bond acceptors (Lipinski definition) is 4. The van der Waals surface area contributed by atoms with Gasteiger partial charge in [-0.25, -0.2) is 0 Å². The molecule has 0 atom stereocenters. The molecule has 0 fully saturated rings. The van der Waals surface area contributed by atoms with Crippen LogP contribution in [-0.2, 0) is 0 Å². The average molecular weight is 314 g/mol. The first-order chi connectivity index (χ1) is 9.90. The van der Waals surface area contributed by atoms with Crippen LogP contribution in [0, 0.1) is 5.41 Å². The van der Waals surface area contributed by atoms with E-state index in [4.69, 9.17) is 27.3 Å². The Morgan fingerprint density at radius 3 is 2.76 bits per heavy atom. The fraction of sp³-hybridized carbons (Fsp3) is 0.533.